The molecule has 1 N–H and O–H groups in total. The summed E-state index contributed by atoms with van der Waals surface area (Å²) < 4.78 is 7.77. The Balaban J connectivity index is 2.27. The van der Waals surface area contributed by atoms with Gasteiger partial charge in [-0.05, 0) is 30.7 Å². The van der Waals surface area contributed by atoms with Gasteiger partial charge in [0.05, 0.1) is 12.6 Å². The van der Waals surface area contributed by atoms with Crippen LogP contribution in [0, 0.1) is 0 Å². The predicted molar refractivity (Wildman–Crippen MR) is 81.0 cm³/mol. The number of nitrogens with zero attached hydrogens (tertiary/aromatic N) is 2. The molecule has 0 saturated heterocycles. The van der Waals surface area contributed by atoms with Gasteiger partial charge in [0.2, 0.25) is 0 Å². The van der Waals surface area contributed by atoms with Crippen LogP contribution < -0.4 is 10.1 Å². The maximum absolute atomic E-state index is 5.72. The number of hydrogen-bond donors (Lipinski definition) is 1. The van der Waals surface area contributed by atoms with Gasteiger partial charge in [0, 0.05) is 19.4 Å². The van der Waals surface area contributed by atoms with Crippen molar-refractivity contribution in [3.63, 3.8) is 0 Å². The van der Waals surface area contributed by atoms with E-state index in [1.807, 2.05) is 36.1 Å². The third-order valence-corrected chi connectivity index (χ3v) is 3.19. The predicted octanol–water partition coefficient (Wildman–Crippen LogP) is 2.91. The van der Waals surface area contributed by atoms with Crippen LogP contribution in [0.4, 0.5) is 0 Å². The van der Waals surface area contributed by atoms with Crippen LogP contribution in [-0.4, -0.2) is 22.7 Å². The molecule has 1 unspecified atom stereocenters. The third kappa shape index (κ3) is 3.39. The maximum atomic E-state index is 5.72. The molecule has 4 nitrogen and oxygen atoms in total. The zero-order valence-electron chi connectivity index (χ0n) is 12.5. The smallest absolute Gasteiger partial charge is 0.130 e. The fraction of sp³-hybridized carbons (Fsp3) is 0.438. The van der Waals surface area contributed by atoms with Crippen molar-refractivity contribution in [2.24, 2.45) is 7.05 Å². The molecular weight excluding hydrogens is 250 g/mol. The van der Waals surface area contributed by atoms with Crippen molar-refractivity contribution in [2.45, 2.75) is 26.3 Å². The lowest BCUT2D eigenvalue weighted by atomic mass is 10.1. The minimum Gasteiger partial charge on any atom is -0.494 e. The largest absolute Gasteiger partial charge is 0.494 e. The molecule has 0 spiro atoms. The van der Waals surface area contributed by atoms with Gasteiger partial charge >= 0.3 is 0 Å². The molecule has 2 rings (SSSR count). The lowest BCUT2D eigenvalue weighted by molar-refractivity contribution is 0.317. The molecule has 4 heteroatoms. The van der Waals surface area contributed by atoms with E-state index >= 15 is 0 Å². The van der Waals surface area contributed by atoms with E-state index in [4.69, 9.17) is 4.74 Å². The van der Waals surface area contributed by atoms with Gasteiger partial charge in [0.25, 0.3) is 0 Å². The highest BCUT2D eigenvalue weighted by Gasteiger charge is 2.17. The van der Waals surface area contributed by atoms with E-state index in [1.165, 1.54) is 5.56 Å². The van der Waals surface area contributed by atoms with Gasteiger partial charge in [0.15, 0.2) is 0 Å². The summed E-state index contributed by atoms with van der Waals surface area (Å²) in [5.74, 6) is 1.93. The average molecular weight is 273 g/mol. The standard InChI is InChI=1S/C16H23N3O/c1-4-11-20-14-8-6-7-13(12-14)15(17-5-2)16-18-9-10-19(16)3/h6-10,12,15,17H,4-5,11H2,1-3H3. The Bertz CT molecular complexity index is 536. The molecule has 108 valence electrons. The highest BCUT2D eigenvalue weighted by atomic mass is 16.5. The molecule has 0 bridgehead atoms. The van der Waals surface area contributed by atoms with Crippen LogP contribution in [0.1, 0.15) is 37.7 Å². The van der Waals surface area contributed by atoms with E-state index < -0.39 is 0 Å². The lowest BCUT2D eigenvalue weighted by Gasteiger charge is -2.19. The van der Waals surface area contributed by atoms with Crippen LogP contribution in [0.25, 0.3) is 0 Å². The molecule has 0 amide bonds. The first-order chi connectivity index (χ1) is 9.76. The summed E-state index contributed by atoms with van der Waals surface area (Å²) in [6.07, 6.45) is 4.81. The van der Waals surface area contributed by atoms with Gasteiger partial charge in [-0.15, -0.1) is 0 Å². The summed E-state index contributed by atoms with van der Waals surface area (Å²) in [4.78, 5) is 4.46. The fourth-order valence-electron chi connectivity index (χ4n) is 2.22. The first-order valence-electron chi connectivity index (χ1n) is 7.19. The highest BCUT2D eigenvalue weighted by molar-refractivity contribution is 5.33. The van der Waals surface area contributed by atoms with Crippen molar-refractivity contribution in [1.29, 1.82) is 0 Å². The summed E-state index contributed by atoms with van der Waals surface area (Å²) in [6.45, 7) is 5.85. The number of hydrogen-bond acceptors (Lipinski definition) is 3. The Kier molecular flexibility index (Phi) is 5.18. The monoisotopic (exact) mass is 273 g/mol. The molecule has 0 radical (unpaired) electrons. The Labute approximate surface area is 120 Å². The molecule has 1 aromatic carbocycles. The second-order valence-electron chi connectivity index (χ2n) is 4.81. The van der Waals surface area contributed by atoms with E-state index in [0.29, 0.717) is 0 Å². The van der Waals surface area contributed by atoms with Gasteiger partial charge in [0.1, 0.15) is 11.6 Å². The van der Waals surface area contributed by atoms with Crippen LogP contribution in [0.2, 0.25) is 0 Å². The molecule has 20 heavy (non-hydrogen) atoms. The normalized spacial score (nSPS) is 12.3. The van der Waals surface area contributed by atoms with E-state index in [9.17, 15) is 0 Å². The van der Waals surface area contributed by atoms with Crippen molar-refractivity contribution in [3.05, 3.63) is 48.0 Å². The highest BCUT2D eigenvalue weighted by Crippen LogP contribution is 2.24. The lowest BCUT2D eigenvalue weighted by Crippen LogP contribution is -2.24. The van der Waals surface area contributed by atoms with Crippen molar-refractivity contribution in [1.82, 2.24) is 14.9 Å². The Morgan fingerprint density at radius 3 is 2.85 bits per heavy atom. The number of benzene rings is 1. The van der Waals surface area contributed by atoms with Crippen LogP contribution in [0.3, 0.4) is 0 Å². The number of imidazole rings is 1. The molecule has 1 aromatic heterocycles. The quantitative estimate of drug-likeness (QED) is 0.843. The Hall–Kier alpha value is -1.81. The van der Waals surface area contributed by atoms with Gasteiger partial charge in [-0.1, -0.05) is 26.0 Å². The number of aromatic nitrogens is 2. The Morgan fingerprint density at radius 2 is 2.20 bits per heavy atom. The molecule has 0 aliphatic rings. The zero-order chi connectivity index (χ0) is 14.4. The second kappa shape index (κ2) is 7.10. The molecule has 0 saturated carbocycles. The zero-order valence-corrected chi connectivity index (χ0v) is 12.5. The van der Waals surface area contributed by atoms with Gasteiger partial charge < -0.3 is 14.6 Å². The molecule has 2 aromatic rings. The minimum atomic E-state index is 0.0881. The molecule has 0 aliphatic heterocycles. The summed E-state index contributed by atoms with van der Waals surface area (Å²) >= 11 is 0. The van der Waals surface area contributed by atoms with Crippen LogP contribution >= 0.6 is 0 Å². The van der Waals surface area contributed by atoms with Gasteiger partial charge in [-0.3, -0.25) is 0 Å². The molecule has 0 fully saturated rings. The first kappa shape index (κ1) is 14.6. The number of rotatable bonds is 7. The first-order valence-corrected chi connectivity index (χ1v) is 7.19. The van der Waals surface area contributed by atoms with E-state index in [0.717, 1.165) is 31.1 Å². The fourth-order valence-corrected chi connectivity index (χ4v) is 2.22. The van der Waals surface area contributed by atoms with E-state index in [2.05, 4.69) is 36.3 Å². The van der Waals surface area contributed by atoms with Crippen molar-refractivity contribution >= 4 is 0 Å². The second-order valence-corrected chi connectivity index (χ2v) is 4.81. The number of ether oxygens (including phenoxy) is 1. The molecule has 1 heterocycles. The SMILES string of the molecule is CCCOc1cccc(C(NCC)c2nccn2C)c1. The van der Waals surface area contributed by atoms with E-state index in [-0.39, 0.29) is 6.04 Å². The maximum Gasteiger partial charge on any atom is 0.130 e. The van der Waals surface area contributed by atoms with Crippen molar-refractivity contribution in [3.8, 4) is 5.75 Å². The molecule has 0 aliphatic carbocycles. The van der Waals surface area contributed by atoms with Crippen molar-refractivity contribution in [2.75, 3.05) is 13.2 Å². The van der Waals surface area contributed by atoms with Gasteiger partial charge in [-0.25, -0.2) is 4.98 Å². The average Bonchev–Trinajstić information content (AvgIpc) is 2.89. The minimum absolute atomic E-state index is 0.0881. The van der Waals surface area contributed by atoms with Crippen LogP contribution in [-0.2, 0) is 7.05 Å². The van der Waals surface area contributed by atoms with Crippen LogP contribution in [0.15, 0.2) is 36.7 Å². The van der Waals surface area contributed by atoms with Crippen molar-refractivity contribution < 1.29 is 4.74 Å². The van der Waals surface area contributed by atoms with Gasteiger partial charge in [-0.2, -0.15) is 0 Å². The Morgan fingerprint density at radius 1 is 1.35 bits per heavy atom. The number of aryl methyl sites for hydroxylation is 1. The molecule has 1 atom stereocenters. The summed E-state index contributed by atoms with van der Waals surface area (Å²) in [6, 6.07) is 8.33. The van der Waals surface area contributed by atoms with Crippen LogP contribution in [0.5, 0.6) is 5.75 Å². The summed E-state index contributed by atoms with van der Waals surface area (Å²) in [7, 11) is 2.02. The number of nitrogens with one attached hydrogen (secondary N) is 1. The molecular formula is C16H23N3O. The summed E-state index contributed by atoms with van der Waals surface area (Å²) in [5.41, 5.74) is 1.18. The topological polar surface area (TPSA) is 39.1 Å². The van der Waals surface area contributed by atoms with E-state index in [1.54, 1.807) is 0 Å². The summed E-state index contributed by atoms with van der Waals surface area (Å²) in [5, 5.41) is 3.49. The third-order valence-electron chi connectivity index (χ3n) is 3.19.